The van der Waals surface area contributed by atoms with E-state index in [1.54, 1.807) is 6.07 Å². The fourth-order valence-corrected chi connectivity index (χ4v) is 1.88. The summed E-state index contributed by atoms with van der Waals surface area (Å²) in [5, 5.41) is 11.2. The Hall–Kier alpha value is -1.30. The third-order valence-electron chi connectivity index (χ3n) is 1.48. The zero-order valence-electron chi connectivity index (χ0n) is 8.85. The molecule has 0 atom stereocenters. The molecule has 5 nitrogen and oxygen atoms in total. The van der Waals surface area contributed by atoms with Crippen molar-refractivity contribution in [1.29, 1.82) is 0 Å². The third kappa shape index (κ3) is 3.39. The molecule has 0 aliphatic carbocycles. The van der Waals surface area contributed by atoms with Gasteiger partial charge >= 0.3 is 5.69 Å². The van der Waals surface area contributed by atoms with Gasteiger partial charge in [0.05, 0.1) is 9.95 Å². The van der Waals surface area contributed by atoms with Crippen LogP contribution in [0, 0.1) is 10.1 Å². The first-order chi connectivity index (χ1) is 6.79. The van der Waals surface area contributed by atoms with Crippen LogP contribution in [0.1, 0.15) is 20.8 Å². The van der Waals surface area contributed by atoms with Gasteiger partial charge < -0.3 is 5.73 Å². The molecule has 0 amide bonds. The molecule has 2 N–H and O–H groups in total. The van der Waals surface area contributed by atoms with E-state index < -0.39 is 4.92 Å². The van der Waals surface area contributed by atoms with Crippen molar-refractivity contribution in [3.8, 4) is 0 Å². The largest absolute Gasteiger partial charge is 0.378 e. The van der Waals surface area contributed by atoms with E-state index >= 15 is 0 Å². The maximum Gasteiger partial charge on any atom is 0.311 e. The molecule has 6 heteroatoms. The van der Waals surface area contributed by atoms with Gasteiger partial charge in [-0.05, 0) is 6.07 Å². The van der Waals surface area contributed by atoms with Crippen molar-refractivity contribution in [3.63, 3.8) is 0 Å². The first-order valence-corrected chi connectivity index (χ1v) is 5.21. The predicted octanol–water partition coefficient (Wildman–Crippen LogP) is 2.46. The zero-order chi connectivity index (χ0) is 11.6. The molecule has 0 saturated carbocycles. The normalized spacial score (nSPS) is 11.4. The number of anilines is 1. The molecule has 0 aromatic carbocycles. The van der Waals surface area contributed by atoms with Gasteiger partial charge in [0.25, 0.3) is 0 Å². The van der Waals surface area contributed by atoms with Crippen LogP contribution >= 0.6 is 11.8 Å². The van der Waals surface area contributed by atoms with Gasteiger partial charge in [0.2, 0.25) is 5.82 Å². The summed E-state index contributed by atoms with van der Waals surface area (Å²) in [5.74, 6) is -0.0331. The summed E-state index contributed by atoms with van der Waals surface area (Å²) in [5.41, 5.74) is 5.33. The number of hydrogen-bond donors (Lipinski definition) is 1. The van der Waals surface area contributed by atoms with E-state index in [-0.39, 0.29) is 16.3 Å². The molecule has 0 spiro atoms. The van der Waals surface area contributed by atoms with E-state index in [1.807, 2.05) is 20.8 Å². The molecule has 1 rings (SSSR count). The number of rotatable bonds is 2. The Balaban J connectivity index is 2.97. The van der Waals surface area contributed by atoms with Crippen molar-refractivity contribution in [2.24, 2.45) is 0 Å². The summed E-state index contributed by atoms with van der Waals surface area (Å²) in [6.07, 6.45) is 0. The van der Waals surface area contributed by atoms with Crippen LogP contribution < -0.4 is 5.73 Å². The molecule has 0 aliphatic rings. The molecule has 0 bridgehead atoms. The van der Waals surface area contributed by atoms with E-state index in [1.165, 1.54) is 17.8 Å². The van der Waals surface area contributed by atoms with Crippen LogP contribution in [0.15, 0.2) is 17.2 Å². The van der Waals surface area contributed by atoms with Gasteiger partial charge in [-0.15, -0.1) is 11.8 Å². The number of hydrogen-bond acceptors (Lipinski definition) is 5. The van der Waals surface area contributed by atoms with Crippen molar-refractivity contribution in [1.82, 2.24) is 4.98 Å². The molecule has 15 heavy (non-hydrogen) atoms. The summed E-state index contributed by atoms with van der Waals surface area (Å²) in [6, 6.07) is 3.00. The number of nitro groups is 1. The Morgan fingerprint density at radius 2 is 2.07 bits per heavy atom. The van der Waals surface area contributed by atoms with Gasteiger partial charge in [0.15, 0.2) is 0 Å². The van der Waals surface area contributed by atoms with E-state index in [0.717, 1.165) is 0 Å². The number of nitrogens with two attached hydrogens (primary N) is 1. The fourth-order valence-electron chi connectivity index (χ4n) is 0.974. The summed E-state index contributed by atoms with van der Waals surface area (Å²) in [4.78, 5) is 13.9. The molecule has 82 valence electrons. The summed E-state index contributed by atoms with van der Waals surface area (Å²) < 4.78 is 0.00950. The number of aromatic nitrogens is 1. The molecule has 0 aliphatic heterocycles. The summed E-state index contributed by atoms with van der Waals surface area (Å²) in [7, 11) is 0. The molecule has 0 fully saturated rings. The van der Waals surface area contributed by atoms with Gasteiger partial charge in [-0.2, -0.15) is 0 Å². The van der Waals surface area contributed by atoms with Gasteiger partial charge in [0, 0.05) is 10.8 Å². The first kappa shape index (κ1) is 11.8. The highest BCUT2D eigenvalue weighted by Gasteiger charge is 2.17. The Bertz CT molecular complexity index is 387. The van der Waals surface area contributed by atoms with Gasteiger partial charge in [-0.1, -0.05) is 20.8 Å². The van der Waals surface area contributed by atoms with Crippen molar-refractivity contribution in [2.45, 2.75) is 30.5 Å². The molecule has 0 unspecified atom stereocenters. The van der Waals surface area contributed by atoms with Crippen LogP contribution in [0.4, 0.5) is 11.5 Å². The highest BCUT2D eigenvalue weighted by molar-refractivity contribution is 8.00. The minimum Gasteiger partial charge on any atom is -0.378 e. The smallest absolute Gasteiger partial charge is 0.311 e. The average molecular weight is 227 g/mol. The molecule has 0 saturated heterocycles. The van der Waals surface area contributed by atoms with Crippen LogP contribution in [-0.2, 0) is 0 Å². The van der Waals surface area contributed by atoms with E-state index in [0.29, 0.717) is 5.03 Å². The Kier molecular flexibility index (Phi) is 3.18. The highest BCUT2D eigenvalue weighted by Crippen LogP contribution is 2.32. The van der Waals surface area contributed by atoms with Crippen molar-refractivity contribution in [2.75, 3.05) is 5.73 Å². The first-order valence-electron chi connectivity index (χ1n) is 4.39. The number of thioether (sulfide) groups is 1. The predicted molar refractivity (Wildman–Crippen MR) is 60.9 cm³/mol. The van der Waals surface area contributed by atoms with Crippen molar-refractivity contribution in [3.05, 3.63) is 22.2 Å². The van der Waals surface area contributed by atoms with E-state index in [4.69, 9.17) is 5.73 Å². The molecule has 0 radical (unpaired) electrons. The maximum absolute atomic E-state index is 10.5. The molecular weight excluding hydrogens is 214 g/mol. The third-order valence-corrected chi connectivity index (χ3v) is 2.53. The number of nitrogen functional groups attached to an aromatic ring is 1. The maximum atomic E-state index is 10.5. The van der Waals surface area contributed by atoms with Crippen LogP contribution in [0.5, 0.6) is 0 Å². The summed E-state index contributed by atoms with van der Waals surface area (Å²) >= 11 is 1.52. The van der Waals surface area contributed by atoms with Crippen LogP contribution in [0.2, 0.25) is 0 Å². The second-order valence-electron chi connectivity index (χ2n) is 4.03. The van der Waals surface area contributed by atoms with Gasteiger partial charge in [0.1, 0.15) is 0 Å². The monoisotopic (exact) mass is 227 g/mol. The summed E-state index contributed by atoms with van der Waals surface area (Å²) in [6.45, 7) is 6.12. The highest BCUT2D eigenvalue weighted by atomic mass is 32.2. The molecule has 1 heterocycles. The van der Waals surface area contributed by atoms with E-state index in [9.17, 15) is 10.1 Å². The molecular formula is C9H13N3O2S. The lowest BCUT2D eigenvalue weighted by molar-refractivity contribution is -0.384. The van der Waals surface area contributed by atoms with Crippen LogP contribution in [0.25, 0.3) is 0 Å². The fraction of sp³-hybridized carbons (Fsp3) is 0.444. The second kappa shape index (κ2) is 4.06. The number of pyridine rings is 1. The Morgan fingerprint density at radius 3 is 2.47 bits per heavy atom. The van der Waals surface area contributed by atoms with Gasteiger partial charge in [-0.25, -0.2) is 4.98 Å². The lowest BCUT2D eigenvalue weighted by atomic mass is 10.3. The topological polar surface area (TPSA) is 82.0 Å². The van der Waals surface area contributed by atoms with Crippen molar-refractivity contribution < 1.29 is 4.92 Å². The molecule has 1 aromatic rings. The lowest BCUT2D eigenvalue weighted by Gasteiger charge is -2.16. The van der Waals surface area contributed by atoms with E-state index in [2.05, 4.69) is 4.98 Å². The average Bonchev–Trinajstić information content (AvgIpc) is 1.99. The SMILES string of the molecule is CC(C)(C)Sc1ccc([N+](=O)[O-])c(N)n1. The van der Waals surface area contributed by atoms with Gasteiger partial charge in [-0.3, -0.25) is 10.1 Å². The lowest BCUT2D eigenvalue weighted by Crippen LogP contribution is -2.08. The quantitative estimate of drug-likeness (QED) is 0.476. The van der Waals surface area contributed by atoms with Crippen LogP contribution in [0.3, 0.4) is 0 Å². The Labute approximate surface area is 92.2 Å². The minimum absolute atomic E-state index is 0.00950. The second-order valence-corrected chi connectivity index (χ2v) is 5.87. The zero-order valence-corrected chi connectivity index (χ0v) is 9.67. The number of nitrogens with zero attached hydrogens (tertiary/aromatic N) is 2. The molecule has 1 aromatic heterocycles. The standard InChI is InChI=1S/C9H13N3O2S/c1-9(2,3)15-7-5-4-6(12(13)14)8(10)11-7/h4-5H,1-3H3,(H2,10,11). The van der Waals surface area contributed by atoms with Crippen LogP contribution in [-0.4, -0.2) is 14.7 Å². The van der Waals surface area contributed by atoms with Crippen molar-refractivity contribution >= 4 is 23.3 Å². The minimum atomic E-state index is -0.534. The Morgan fingerprint density at radius 1 is 1.47 bits per heavy atom.